The molecule has 35 heavy (non-hydrogen) atoms. The van der Waals surface area contributed by atoms with E-state index < -0.39 is 18.1 Å². The highest BCUT2D eigenvalue weighted by Gasteiger charge is 2.22. The Labute approximate surface area is 210 Å². The number of carbonyl (C=O) groups excluding carboxylic acids is 1. The molecular formula is C26H35N3O5S. The van der Waals surface area contributed by atoms with E-state index in [-0.39, 0.29) is 13.0 Å². The summed E-state index contributed by atoms with van der Waals surface area (Å²) in [7, 11) is 0. The number of ether oxygens (including phenoxy) is 1. The molecule has 3 rings (SSSR count). The molecule has 0 aliphatic heterocycles. The van der Waals surface area contributed by atoms with E-state index in [1.54, 1.807) is 11.3 Å². The van der Waals surface area contributed by atoms with Crippen LogP contribution in [-0.4, -0.2) is 45.1 Å². The molecule has 8 nitrogen and oxygen atoms in total. The summed E-state index contributed by atoms with van der Waals surface area (Å²) in [5.41, 5.74) is 10.2. The number of hydrogen-bond donors (Lipinski definition) is 3. The number of hydrogen-bond acceptors (Lipinski definition) is 8. The van der Waals surface area contributed by atoms with Crippen LogP contribution in [0, 0.1) is 26.7 Å². The third kappa shape index (κ3) is 6.28. The molecule has 9 heteroatoms. The van der Waals surface area contributed by atoms with Crippen LogP contribution in [0.25, 0.3) is 22.2 Å². The van der Waals surface area contributed by atoms with Crippen LogP contribution < -0.4 is 10.5 Å². The van der Waals surface area contributed by atoms with Gasteiger partial charge < -0.3 is 25.1 Å². The van der Waals surface area contributed by atoms with E-state index in [1.165, 1.54) is 16.0 Å². The Balaban J connectivity index is 1.82. The first-order chi connectivity index (χ1) is 16.5. The summed E-state index contributed by atoms with van der Waals surface area (Å²) in [5, 5.41) is 28.3. The van der Waals surface area contributed by atoms with Crippen LogP contribution in [0.1, 0.15) is 54.3 Å². The Hall–Kier alpha value is -2.75. The van der Waals surface area contributed by atoms with Crippen molar-refractivity contribution in [3.05, 3.63) is 39.3 Å². The Morgan fingerprint density at radius 2 is 1.86 bits per heavy atom. The fourth-order valence-corrected chi connectivity index (χ4v) is 5.21. The standard InChI is InChI=1S/C26H35N3O5S/c1-7-17-10-18(9-14(4)22(17)33-12-19(30)11-21(31)24(27)32)25-28-29-26(34-25)23-15(5)20(8-13(2)3)16(6)35-23/h9-10,13,19,21,30-31H,7-8,11-12H2,1-6H3,(H2,27,32)/t19-,21?/m1/s1. The SMILES string of the molecule is CCc1cc(-c2nnc(-c3sc(C)c(CC(C)C)c3C)o2)cc(C)c1OC[C@H](O)CC(O)C(N)=O. The smallest absolute Gasteiger partial charge is 0.258 e. The zero-order valence-corrected chi connectivity index (χ0v) is 22.0. The van der Waals surface area contributed by atoms with Gasteiger partial charge in [-0.1, -0.05) is 20.8 Å². The van der Waals surface area contributed by atoms with Crippen LogP contribution in [0.3, 0.4) is 0 Å². The van der Waals surface area contributed by atoms with Crippen molar-refractivity contribution in [1.82, 2.24) is 10.2 Å². The van der Waals surface area contributed by atoms with Crippen molar-refractivity contribution in [2.45, 2.75) is 73.0 Å². The molecule has 1 amide bonds. The van der Waals surface area contributed by atoms with Gasteiger partial charge in [0.25, 0.3) is 5.89 Å². The number of aliphatic hydroxyl groups is 2. The van der Waals surface area contributed by atoms with Gasteiger partial charge in [-0.05, 0) is 73.9 Å². The predicted octanol–water partition coefficient (Wildman–Crippen LogP) is 4.13. The summed E-state index contributed by atoms with van der Waals surface area (Å²) in [6, 6.07) is 3.86. The summed E-state index contributed by atoms with van der Waals surface area (Å²) in [5.74, 6) is 1.30. The van der Waals surface area contributed by atoms with Crippen LogP contribution in [0.15, 0.2) is 16.5 Å². The molecule has 0 aliphatic rings. The van der Waals surface area contributed by atoms with E-state index >= 15 is 0 Å². The number of primary amides is 1. The van der Waals surface area contributed by atoms with Crippen molar-refractivity contribution in [1.29, 1.82) is 0 Å². The average Bonchev–Trinajstić information content (AvgIpc) is 3.38. The largest absolute Gasteiger partial charge is 0.490 e. The monoisotopic (exact) mass is 501 g/mol. The lowest BCUT2D eigenvalue weighted by atomic mass is 9.99. The number of thiophene rings is 1. The molecule has 3 aromatic rings. The number of benzene rings is 1. The second-order valence-corrected chi connectivity index (χ2v) is 10.6. The number of nitrogens with two attached hydrogens (primary N) is 1. The molecular weight excluding hydrogens is 466 g/mol. The number of rotatable bonds is 11. The topological polar surface area (TPSA) is 132 Å². The molecule has 0 radical (unpaired) electrons. The summed E-state index contributed by atoms with van der Waals surface area (Å²) >= 11 is 1.69. The molecule has 2 aromatic heterocycles. The van der Waals surface area contributed by atoms with Gasteiger partial charge in [-0.2, -0.15) is 0 Å². The van der Waals surface area contributed by atoms with Crippen LogP contribution in [0.5, 0.6) is 5.75 Å². The lowest BCUT2D eigenvalue weighted by molar-refractivity contribution is -0.127. The highest BCUT2D eigenvalue weighted by molar-refractivity contribution is 7.15. The van der Waals surface area contributed by atoms with E-state index in [0.717, 1.165) is 28.0 Å². The Bertz CT molecular complexity index is 1180. The fourth-order valence-electron chi connectivity index (χ4n) is 4.09. The average molecular weight is 502 g/mol. The molecule has 0 spiro atoms. The minimum atomic E-state index is -1.41. The van der Waals surface area contributed by atoms with Gasteiger partial charge in [-0.3, -0.25) is 4.79 Å². The number of nitrogens with zero attached hydrogens (tertiary/aromatic N) is 2. The van der Waals surface area contributed by atoms with Gasteiger partial charge >= 0.3 is 0 Å². The second kappa shape index (κ2) is 11.3. The van der Waals surface area contributed by atoms with E-state index in [9.17, 15) is 15.0 Å². The summed E-state index contributed by atoms with van der Waals surface area (Å²) < 4.78 is 12.0. The van der Waals surface area contributed by atoms with Gasteiger partial charge in [-0.25, -0.2) is 0 Å². The normalized spacial score (nSPS) is 13.3. The molecule has 0 saturated heterocycles. The van der Waals surface area contributed by atoms with Crippen LogP contribution >= 0.6 is 11.3 Å². The van der Waals surface area contributed by atoms with Crippen molar-refractivity contribution >= 4 is 17.2 Å². The van der Waals surface area contributed by atoms with E-state index in [0.29, 0.717) is 29.9 Å². The first-order valence-electron chi connectivity index (χ1n) is 11.9. The highest BCUT2D eigenvalue weighted by atomic mass is 32.1. The summed E-state index contributed by atoms with van der Waals surface area (Å²) in [4.78, 5) is 13.3. The first kappa shape index (κ1) is 26.8. The van der Waals surface area contributed by atoms with Gasteiger partial charge in [0, 0.05) is 16.9 Å². The third-order valence-corrected chi connectivity index (χ3v) is 7.17. The molecule has 2 heterocycles. The van der Waals surface area contributed by atoms with Crippen LogP contribution in [0.2, 0.25) is 0 Å². The minimum Gasteiger partial charge on any atom is -0.490 e. The molecule has 4 N–H and O–H groups in total. The van der Waals surface area contributed by atoms with Crippen molar-refractivity contribution in [2.24, 2.45) is 11.7 Å². The van der Waals surface area contributed by atoms with Gasteiger partial charge in [-0.15, -0.1) is 21.5 Å². The number of carbonyl (C=O) groups is 1. The lowest BCUT2D eigenvalue weighted by Gasteiger charge is -2.18. The maximum atomic E-state index is 11.0. The highest BCUT2D eigenvalue weighted by Crippen LogP contribution is 2.38. The van der Waals surface area contributed by atoms with Crippen molar-refractivity contribution in [3.63, 3.8) is 0 Å². The maximum absolute atomic E-state index is 11.0. The van der Waals surface area contributed by atoms with E-state index in [2.05, 4.69) is 37.9 Å². The van der Waals surface area contributed by atoms with Gasteiger partial charge in [0.05, 0.1) is 11.0 Å². The van der Waals surface area contributed by atoms with E-state index in [1.807, 2.05) is 26.0 Å². The Kier molecular flexibility index (Phi) is 8.69. The quantitative estimate of drug-likeness (QED) is 0.360. The van der Waals surface area contributed by atoms with Crippen molar-refractivity contribution < 1.29 is 24.2 Å². The van der Waals surface area contributed by atoms with Crippen LogP contribution in [-0.2, 0) is 17.6 Å². The zero-order valence-electron chi connectivity index (χ0n) is 21.2. The lowest BCUT2D eigenvalue weighted by Crippen LogP contribution is -2.33. The number of aryl methyl sites for hydroxylation is 3. The number of aromatic nitrogens is 2. The number of amides is 1. The van der Waals surface area contributed by atoms with Gasteiger partial charge in [0.2, 0.25) is 11.8 Å². The minimum absolute atomic E-state index is 0.0715. The predicted molar refractivity (Wildman–Crippen MR) is 136 cm³/mol. The zero-order chi connectivity index (χ0) is 25.9. The third-order valence-electron chi connectivity index (χ3n) is 5.93. The molecule has 2 atom stereocenters. The molecule has 1 unspecified atom stereocenters. The summed E-state index contributed by atoms with van der Waals surface area (Å²) in [6.07, 6.45) is -0.915. The Morgan fingerprint density at radius 1 is 1.17 bits per heavy atom. The van der Waals surface area contributed by atoms with E-state index in [4.69, 9.17) is 14.9 Å². The molecule has 0 saturated carbocycles. The molecule has 1 aromatic carbocycles. The van der Waals surface area contributed by atoms with Crippen molar-refractivity contribution in [2.75, 3.05) is 6.61 Å². The first-order valence-corrected chi connectivity index (χ1v) is 12.7. The summed E-state index contributed by atoms with van der Waals surface area (Å²) in [6.45, 7) is 12.5. The molecule has 0 bridgehead atoms. The van der Waals surface area contributed by atoms with Crippen molar-refractivity contribution in [3.8, 4) is 28.0 Å². The molecule has 190 valence electrons. The van der Waals surface area contributed by atoms with Crippen LogP contribution in [0.4, 0.5) is 0 Å². The van der Waals surface area contributed by atoms with Gasteiger partial charge in [0.15, 0.2) is 0 Å². The molecule has 0 fully saturated rings. The second-order valence-electron chi connectivity index (χ2n) is 9.35. The molecule has 0 aliphatic carbocycles. The maximum Gasteiger partial charge on any atom is 0.258 e. The Morgan fingerprint density at radius 3 is 2.49 bits per heavy atom. The fraction of sp³-hybridized carbons (Fsp3) is 0.500. The van der Waals surface area contributed by atoms with Gasteiger partial charge in [0.1, 0.15) is 18.5 Å². The number of aliphatic hydroxyl groups excluding tert-OH is 2.